The number of nitrogens with zero attached hydrogens (tertiary/aromatic N) is 2. The lowest BCUT2D eigenvalue weighted by Crippen LogP contribution is -2.25. The highest BCUT2D eigenvalue weighted by Crippen LogP contribution is 2.22. The highest BCUT2D eigenvalue weighted by Gasteiger charge is 2.25. The van der Waals surface area contributed by atoms with Gasteiger partial charge in [0.1, 0.15) is 5.78 Å². The number of Topliss-reactive ketones (excluding diaryl/α,β-unsaturated/α-hetero) is 1. The Morgan fingerprint density at radius 2 is 2.12 bits per heavy atom. The molecule has 1 heterocycles. The van der Waals surface area contributed by atoms with Gasteiger partial charge in [-0.15, -0.1) is 0 Å². The third-order valence-electron chi connectivity index (χ3n) is 3.17. The van der Waals surface area contributed by atoms with Gasteiger partial charge in [0.2, 0.25) is 0 Å². The number of hydrogen-bond donors (Lipinski definition) is 0. The van der Waals surface area contributed by atoms with Crippen molar-refractivity contribution in [3.8, 4) is 0 Å². The number of carbonyl (C=O) groups is 1. The van der Waals surface area contributed by atoms with Crippen LogP contribution in [0.3, 0.4) is 0 Å². The van der Waals surface area contributed by atoms with Crippen molar-refractivity contribution in [3.05, 3.63) is 18.0 Å². The van der Waals surface area contributed by atoms with E-state index in [0.29, 0.717) is 12.5 Å². The lowest BCUT2D eigenvalue weighted by Gasteiger charge is -2.19. The standard InChI is InChI=1S/C13H22N2O/c1-6-13(4,5)12(16)9-11-7-8-15(14-11)10(2)3/h7-8,10H,6,9H2,1-5H3. The molecule has 1 rings (SSSR count). The number of rotatable bonds is 5. The van der Waals surface area contributed by atoms with E-state index in [1.54, 1.807) is 0 Å². The minimum atomic E-state index is -0.235. The topological polar surface area (TPSA) is 34.9 Å². The molecule has 0 saturated heterocycles. The third kappa shape index (κ3) is 2.94. The van der Waals surface area contributed by atoms with Gasteiger partial charge in [-0.05, 0) is 26.3 Å². The molecule has 3 heteroatoms. The molecule has 0 aliphatic carbocycles. The first-order valence-electron chi connectivity index (χ1n) is 5.94. The molecule has 1 aromatic heterocycles. The summed E-state index contributed by atoms with van der Waals surface area (Å²) < 4.78 is 1.89. The van der Waals surface area contributed by atoms with E-state index in [0.717, 1.165) is 12.1 Å². The quantitative estimate of drug-likeness (QED) is 0.767. The van der Waals surface area contributed by atoms with E-state index in [9.17, 15) is 4.79 Å². The first-order chi connectivity index (χ1) is 7.36. The minimum Gasteiger partial charge on any atom is -0.299 e. The molecular weight excluding hydrogens is 200 g/mol. The monoisotopic (exact) mass is 222 g/mol. The van der Waals surface area contributed by atoms with E-state index in [-0.39, 0.29) is 11.2 Å². The van der Waals surface area contributed by atoms with Crippen LogP contribution in [0.25, 0.3) is 0 Å². The lowest BCUT2D eigenvalue weighted by molar-refractivity contribution is -0.126. The number of carbonyl (C=O) groups excluding carboxylic acids is 1. The van der Waals surface area contributed by atoms with E-state index in [2.05, 4.69) is 18.9 Å². The predicted molar refractivity (Wildman–Crippen MR) is 65.4 cm³/mol. The van der Waals surface area contributed by atoms with Crippen LogP contribution in [0.2, 0.25) is 0 Å². The second-order valence-electron chi connectivity index (χ2n) is 5.22. The number of ketones is 1. The van der Waals surface area contributed by atoms with E-state index in [1.807, 2.05) is 37.7 Å². The smallest absolute Gasteiger partial charge is 0.144 e. The van der Waals surface area contributed by atoms with Gasteiger partial charge in [0, 0.05) is 17.7 Å². The van der Waals surface area contributed by atoms with Gasteiger partial charge in [0.05, 0.1) is 12.1 Å². The Kier molecular flexibility index (Phi) is 3.89. The largest absolute Gasteiger partial charge is 0.299 e. The normalized spacial score (nSPS) is 12.1. The SMILES string of the molecule is CCC(C)(C)C(=O)Cc1ccn(C(C)C)n1. The fourth-order valence-electron chi connectivity index (χ4n) is 1.36. The molecule has 0 fully saturated rings. The van der Waals surface area contributed by atoms with E-state index < -0.39 is 0 Å². The predicted octanol–water partition coefficient (Wildman–Crippen LogP) is 3.01. The van der Waals surface area contributed by atoms with Gasteiger partial charge in [-0.25, -0.2) is 0 Å². The van der Waals surface area contributed by atoms with Crippen LogP contribution in [-0.2, 0) is 11.2 Å². The van der Waals surface area contributed by atoms with Crippen molar-refractivity contribution >= 4 is 5.78 Å². The van der Waals surface area contributed by atoms with Crippen molar-refractivity contribution in [2.45, 2.75) is 53.5 Å². The second kappa shape index (κ2) is 4.81. The van der Waals surface area contributed by atoms with Crippen LogP contribution < -0.4 is 0 Å². The molecule has 0 amide bonds. The maximum atomic E-state index is 12.0. The Labute approximate surface area is 97.8 Å². The molecule has 0 aliphatic rings. The molecule has 0 atom stereocenters. The summed E-state index contributed by atoms with van der Waals surface area (Å²) in [7, 11) is 0. The summed E-state index contributed by atoms with van der Waals surface area (Å²) in [5.41, 5.74) is 0.641. The highest BCUT2D eigenvalue weighted by atomic mass is 16.1. The summed E-state index contributed by atoms with van der Waals surface area (Å²) in [6, 6.07) is 2.28. The van der Waals surface area contributed by atoms with Gasteiger partial charge in [-0.1, -0.05) is 20.8 Å². The lowest BCUT2D eigenvalue weighted by atomic mass is 9.83. The Bertz CT molecular complexity index is 364. The minimum absolute atomic E-state index is 0.235. The zero-order chi connectivity index (χ0) is 12.3. The van der Waals surface area contributed by atoms with E-state index in [1.165, 1.54) is 0 Å². The summed E-state index contributed by atoms with van der Waals surface area (Å²) >= 11 is 0. The zero-order valence-electron chi connectivity index (χ0n) is 10.9. The second-order valence-corrected chi connectivity index (χ2v) is 5.22. The summed E-state index contributed by atoms with van der Waals surface area (Å²) in [4.78, 5) is 12.0. The van der Waals surface area contributed by atoms with Crippen LogP contribution in [0.5, 0.6) is 0 Å². The van der Waals surface area contributed by atoms with Gasteiger partial charge < -0.3 is 0 Å². The van der Waals surface area contributed by atoms with Crippen LogP contribution in [0.1, 0.15) is 52.8 Å². The van der Waals surface area contributed by atoms with Crippen LogP contribution in [0.4, 0.5) is 0 Å². The molecule has 0 N–H and O–H groups in total. The molecule has 90 valence electrons. The van der Waals surface area contributed by atoms with Crippen molar-refractivity contribution in [1.29, 1.82) is 0 Å². The molecule has 0 saturated carbocycles. The van der Waals surface area contributed by atoms with Crippen molar-refractivity contribution in [2.24, 2.45) is 5.41 Å². The van der Waals surface area contributed by atoms with Gasteiger partial charge in [-0.2, -0.15) is 5.10 Å². The van der Waals surface area contributed by atoms with Crippen molar-refractivity contribution < 1.29 is 4.79 Å². The average Bonchev–Trinajstić information content (AvgIpc) is 2.66. The van der Waals surface area contributed by atoms with E-state index in [4.69, 9.17) is 0 Å². The molecule has 16 heavy (non-hydrogen) atoms. The molecule has 0 spiro atoms. The Morgan fingerprint density at radius 1 is 1.50 bits per heavy atom. The summed E-state index contributed by atoms with van der Waals surface area (Å²) in [6.07, 6.45) is 3.25. The van der Waals surface area contributed by atoms with Crippen LogP contribution in [-0.4, -0.2) is 15.6 Å². The first kappa shape index (κ1) is 12.9. The van der Waals surface area contributed by atoms with Crippen molar-refractivity contribution in [2.75, 3.05) is 0 Å². The van der Waals surface area contributed by atoms with Crippen LogP contribution in [0, 0.1) is 5.41 Å². The summed E-state index contributed by atoms with van der Waals surface area (Å²) in [5, 5.41) is 4.39. The molecule has 1 aromatic rings. The maximum absolute atomic E-state index is 12.0. The summed E-state index contributed by atoms with van der Waals surface area (Å²) in [5.74, 6) is 0.268. The molecule has 0 radical (unpaired) electrons. The van der Waals surface area contributed by atoms with Gasteiger partial charge in [-0.3, -0.25) is 9.48 Å². The molecular formula is C13H22N2O. The number of aromatic nitrogens is 2. The zero-order valence-corrected chi connectivity index (χ0v) is 10.9. The van der Waals surface area contributed by atoms with Gasteiger partial charge in [0.15, 0.2) is 0 Å². The van der Waals surface area contributed by atoms with Crippen LogP contribution >= 0.6 is 0 Å². The highest BCUT2D eigenvalue weighted by molar-refractivity contribution is 5.85. The van der Waals surface area contributed by atoms with E-state index >= 15 is 0 Å². The molecule has 3 nitrogen and oxygen atoms in total. The van der Waals surface area contributed by atoms with Gasteiger partial charge >= 0.3 is 0 Å². The Morgan fingerprint density at radius 3 is 2.56 bits per heavy atom. The molecule has 0 unspecified atom stereocenters. The summed E-state index contributed by atoms with van der Waals surface area (Å²) in [6.45, 7) is 10.2. The fraction of sp³-hybridized carbons (Fsp3) is 0.692. The first-order valence-corrected chi connectivity index (χ1v) is 5.94. The average molecular weight is 222 g/mol. The molecule has 0 aliphatic heterocycles. The third-order valence-corrected chi connectivity index (χ3v) is 3.17. The Balaban J connectivity index is 2.70. The van der Waals surface area contributed by atoms with Crippen LogP contribution in [0.15, 0.2) is 12.3 Å². The molecule has 0 aromatic carbocycles. The molecule has 0 bridgehead atoms. The van der Waals surface area contributed by atoms with Crippen molar-refractivity contribution in [1.82, 2.24) is 9.78 Å². The fourth-order valence-corrected chi connectivity index (χ4v) is 1.36. The number of hydrogen-bond acceptors (Lipinski definition) is 2. The Hall–Kier alpha value is -1.12. The maximum Gasteiger partial charge on any atom is 0.144 e. The van der Waals surface area contributed by atoms with Crippen molar-refractivity contribution in [3.63, 3.8) is 0 Å². The van der Waals surface area contributed by atoms with Gasteiger partial charge in [0.25, 0.3) is 0 Å².